The van der Waals surface area contributed by atoms with E-state index in [9.17, 15) is 8.42 Å². The first-order valence-electron chi connectivity index (χ1n) is 7.23. The smallest absolute Gasteiger partial charge is 0.276 e. The van der Waals surface area contributed by atoms with Crippen molar-refractivity contribution in [1.82, 2.24) is 4.83 Å². The molecule has 3 N–H and O–H groups in total. The number of hydrogen-bond acceptors (Lipinski definition) is 3. The molecule has 0 atom stereocenters. The molecule has 0 aliphatic rings. The van der Waals surface area contributed by atoms with Crippen LogP contribution in [0.4, 0.5) is 0 Å². The third-order valence-corrected chi connectivity index (χ3v) is 5.42. The largest absolute Gasteiger partial charge is 0.385 e. The van der Waals surface area contributed by atoms with E-state index < -0.39 is 10.0 Å². The normalized spacial score (nSPS) is 13.2. The zero-order chi connectivity index (χ0) is 16.1. The number of nitrogens with one attached hydrogen (secondary N) is 1. The quantitative estimate of drug-likeness (QED) is 0.461. The zero-order valence-corrected chi connectivity index (χ0v) is 14.0. The molecule has 0 fully saturated rings. The van der Waals surface area contributed by atoms with E-state index in [-0.39, 0.29) is 10.3 Å². The minimum absolute atomic E-state index is 0.180. The van der Waals surface area contributed by atoms with Gasteiger partial charge in [0.25, 0.3) is 10.0 Å². The number of nitrogens with zero attached hydrogens (tertiary/aromatic N) is 1. The van der Waals surface area contributed by atoms with Crippen LogP contribution in [0.3, 0.4) is 0 Å². The van der Waals surface area contributed by atoms with Crippen molar-refractivity contribution in [3.8, 4) is 0 Å². The maximum absolute atomic E-state index is 12.2. The van der Waals surface area contributed by atoms with Gasteiger partial charge >= 0.3 is 0 Å². The monoisotopic (exact) mass is 311 g/mol. The van der Waals surface area contributed by atoms with E-state index >= 15 is 0 Å². The summed E-state index contributed by atoms with van der Waals surface area (Å²) >= 11 is 0. The van der Waals surface area contributed by atoms with Gasteiger partial charge < -0.3 is 5.73 Å². The number of aryl methyl sites for hydroxylation is 1. The molecule has 0 heterocycles. The van der Waals surface area contributed by atoms with Crippen LogP contribution < -0.4 is 10.6 Å². The Balaban J connectivity index is 2.99. The van der Waals surface area contributed by atoms with Crippen molar-refractivity contribution in [1.29, 1.82) is 0 Å². The van der Waals surface area contributed by atoms with Crippen molar-refractivity contribution in [3.05, 3.63) is 29.8 Å². The molecule has 21 heavy (non-hydrogen) atoms. The number of hydrogen-bond donors (Lipinski definition) is 2. The summed E-state index contributed by atoms with van der Waals surface area (Å²) in [4.78, 5) is 2.42. The lowest BCUT2D eigenvalue weighted by molar-refractivity contribution is 0.369. The van der Waals surface area contributed by atoms with Crippen molar-refractivity contribution in [3.63, 3.8) is 0 Å². The number of hydrazone groups is 1. The van der Waals surface area contributed by atoms with Gasteiger partial charge in [-0.15, -0.1) is 0 Å². The fourth-order valence-electron chi connectivity index (χ4n) is 2.29. The van der Waals surface area contributed by atoms with Gasteiger partial charge in [-0.05, 0) is 38.3 Å². The van der Waals surface area contributed by atoms with Crippen LogP contribution in [0.5, 0.6) is 0 Å². The topological polar surface area (TPSA) is 84.5 Å². The summed E-state index contributed by atoms with van der Waals surface area (Å²) in [6.07, 6.45) is 2.46. The van der Waals surface area contributed by atoms with Gasteiger partial charge in [-0.3, -0.25) is 0 Å². The summed E-state index contributed by atoms with van der Waals surface area (Å²) in [5, 5.41) is 3.94. The van der Waals surface area contributed by atoms with E-state index in [1.807, 2.05) is 27.7 Å². The highest BCUT2D eigenvalue weighted by Gasteiger charge is 2.29. The maximum atomic E-state index is 12.2. The Labute approximate surface area is 127 Å². The molecule has 0 radical (unpaired) electrons. The SMILES string of the molecule is CCC(CC)(CC)C(N)=NNS(=O)(=O)c1ccc(C)cc1. The van der Waals surface area contributed by atoms with Crippen molar-refractivity contribution >= 4 is 15.9 Å². The lowest BCUT2D eigenvalue weighted by Gasteiger charge is -2.29. The lowest BCUT2D eigenvalue weighted by Crippen LogP contribution is -2.38. The minimum atomic E-state index is -3.67. The molecule has 0 spiro atoms. The molecule has 118 valence electrons. The van der Waals surface area contributed by atoms with E-state index in [1.54, 1.807) is 24.3 Å². The first-order chi connectivity index (χ1) is 9.81. The van der Waals surface area contributed by atoms with E-state index in [1.165, 1.54) is 0 Å². The highest BCUT2D eigenvalue weighted by molar-refractivity contribution is 7.89. The Morgan fingerprint density at radius 1 is 1.14 bits per heavy atom. The maximum Gasteiger partial charge on any atom is 0.276 e. The third-order valence-electron chi connectivity index (χ3n) is 4.19. The number of nitrogens with two attached hydrogens (primary N) is 1. The summed E-state index contributed by atoms with van der Waals surface area (Å²) in [6, 6.07) is 6.60. The molecular formula is C15H25N3O2S. The first-order valence-corrected chi connectivity index (χ1v) is 8.71. The average Bonchev–Trinajstić information content (AvgIpc) is 2.48. The highest BCUT2D eigenvalue weighted by Crippen LogP contribution is 2.30. The van der Waals surface area contributed by atoms with Crippen LogP contribution >= 0.6 is 0 Å². The number of benzene rings is 1. The molecule has 0 aromatic heterocycles. The van der Waals surface area contributed by atoms with Crippen LogP contribution in [0.25, 0.3) is 0 Å². The van der Waals surface area contributed by atoms with Crippen molar-refractivity contribution in [2.45, 2.75) is 51.9 Å². The summed E-state index contributed by atoms with van der Waals surface area (Å²) in [5.41, 5.74) is 6.76. The number of rotatable bonds is 7. The average molecular weight is 311 g/mol. The first kappa shape index (κ1) is 17.5. The van der Waals surface area contributed by atoms with E-state index in [0.29, 0.717) is 5.84 Å². The highest BCUT2D eigenvalue weighted by atomic mass is 32.2. The Morgan fingerprint density at radius 3 is 2.05 bits per heavy atom. The molecule has 0 saturated carbocycles. The minimum Gasteiger partial charge on any atom is -0.385 e. The fourth-order valence-corrected chi connectivity index (χ4v) is 3.11. The molecular weight excluding hydrogens is 286 g/mol. The second-order valence-corrected chi connectivity index (χ2v) is 6.91. The molecule has 0 saturated heterocycles. The van der Waals surface area contributed by atoms with Crippen LogP contribution in [-0.2, 0) is 10.0 Å². The van der Waals surface area contributed by atoms with E-state index in [0.717, 1.165) is 24.8 Å². The second-order valence-electron chi connectivity index (χ2n) is 5.25. The van der Waals surface area contributed by atoms with Gasteiger partial charge in [0, 0.05) is 5.41 Å². The molecule has 0 unspecified atom stereocenters. The summed E-state index contributed by atoms with van der Waals surface area (Å²) in [7, 11) is -3.67. The van der Waals surface area contributed by atoms with Crippen LogP contribution in [0, 0.1) is 12.3 Å². The predicted octanol–water partition coefficient (Wildman–Crippen LogP) is 2.76. The van der Waals surface area contributed by atoms with Gasteiger partial charge in [0.15, 0.2) is 0 Å². The molecule has 6 heteroatoms. The molecule has 5 nitrogen and oxygen atoms in total. The van der Waals surface area contributed by atoms with Crippen molar-refractivity contribution in [2.24, 2.45) is 16.3 Å². The van der Waals surface area contributed by atoms with Crippen LogP contribution in [0.1, 0.15) is 45.6 Å². The van der Waals surface area contributed by atoms with Crippen LogP contribution in [-0.4, -0.2) is 14.3 Å². The van der Waals surface area contributed by atoms with Gasteiger partial charge in [-0.1, -0.05) is 38.5 Å². The molecule has 1 aromatic rings. The fraction of sp³-hybridized carbons (Fsp3) is 0.533. The standard InChI is InChI=1S/C15H25N3O2S/c1-5-15(6-2,7-3)14(16)17-18-21(19,20)13-10-8-12(4)9-11-13/h8-11,18H,5-7H2,1-4H3,(H2,16,17). The molecule has 0 aliphatic carbocycles. The van der Waals surface area contributed by atoms with Crippen LogP contribution in [0.15, 0.2) is 34.3 Å². The van der Waals surface area contributed by atoms with Gasteiger partial charge in [-0.2, -0.15) is 18.4 Å². The Hall–Kier alpha value is -1.56. The molecule has 1 aromatic carbocycles. The van der Waals surface area contributed by atoms with Gasteiger partial charge in [0.05, 0.1) is 4.90 Å². The van der Waals surface area contributed by atoms with Crippen LogP contribution in [0.2, 0.25) is 0 Å². The number of amidine groups is 1. The molecule has 0 aliphatic heterocycles. The van der Waals surface area contributed by atoms with Gasteiger partial charge in [0.2, 0.25) is 0 Å². The molecule has 0 amide bonds. The summed E-state index contributed by atoms with van der Waals surface area (Å²) in [6.45, 7) is 8.00. The van der Waals surface area contributed by atoms with E-state index in [2.05, 4.69) is 9.93 Å². The number of sulfonamides is 1. The summed E-state index contributed by atoms with van der Waals surface area (Å²) < 4.78 is 24.3. The van der Waals surface area contributed by atoms with Crippen molar-refractivity contribution in [2.75, 3.05) is 0 Å². The predicted molar refractivity (Wildman–Crippen MR) is 86.4 cm³/mol. The summed E-state index contributed by atoms with van der Waals surface area (Å²) in [5.74, 6) is 0.339. The Morgan fingerprint density at radius 2 is 1.62 bits per heavy atom. The zero-order valence-electron chi connectivity index (χ0n) is 13.2. The second kappa shape index (κ2) is 6.93. The Bertz CT molecular complexity index is 580. The van der Waals surface area contributed by atoms with Gasteiger partial charge in [-0.25, -0.2) is 0 Å². The van der Waals surface area contributed by atoms with E-state index in [4.69, 9.17) is 5.73 Å². The third kappa shape index (κ3) is 3.97. The molecule has 1 rings (SSSR count). The van der Waals surface area contributed by atoms with Gasteiger partial charge in [0.1, 0.15) is 5.84 Å². The molecule has 0 bridgehead atoms. The lowest BCUT2D eigenvalue weighted by atomic mass is 9.79. The Kier molecular flexibility index (Phi) is 5.78. The van der Waals surface area contributed by atoms with Crippen molar-refractivity contribution < 1.29 is 8.42 Å².